The number of carbonyl (C=O) groups excluding carboxylic acids is 1. The molecule has 0 spiro atoms. The Morgan fingerprint density at radius 1 is 1.06 bits per heavy atom. The summed E-state index contributed by atoms with van der Waals surface area (Å²) in [5.74, 6) is 0.734. The van der Waals surface area contributed by atoms with E-state index in [1.165, 1.54) is 23.6 Å². The van der Waals surface area contributed by atoms with Gasteiger partial charge in [0.25, 0.3) is 5.91 Å². The number of hydrogen-bond donors (Lipinski definition) is 0. The summed E-state index contributed by atoms with van der Waals surface area (Å²) < 4.78 is 19.5. The Morgan fingerprint density at radius 3 is 2.55 bits per heavy atom. The molecule has 0 bridgehead atoms. The van der Waals surface area contributed by atoms with Crippen LogP contribution < -0.4 is 0 Å². The van der Waals surface area contributed by atoms with Gasteiger partial charge in [-0.3, -0.25) is 9.69 Å². The first-order valence-electron chi connectivity index (χ1n) is 10.7. The Balaban J connectivity index is 1.18. The average molecular weight is 464 g/mol. The number of hydrogen-bond acceptors (Lipinski definition) is 7. The molecule has 5 rings (SSSR count). The Bertz CT molecular complexity index is 1280. The van der Waals surface area contributed by atoms with Crippen molar-refractivity contribution in [2.24, 2.45) is 0 Å². The number of aryl methyl sites for hydroxylation is 1. The van der Waals surface area contributed by atoms with Gasteiger partial charge in [0.15, 0.2) is 0 Å². The van der Waals surface area contributed by atoms with E-state index in [0.717, 1.165) is 11.1 Å². The zero-order chi connectivity index (χ0) is 22.8. The van der Waals surface area contributed by atoms with Crippen molar-refractivity contribution < 1.29 is 13.7 Å². The van der Waals surface area contributed by atoms with E-state index in [9.17, 15) is 9.18 Å². The van der Waals surface area contributed by atoms with E-state index < -0.39 is 0 Å². The first-order chi connectivity index (χ1) is 16.1. The molecule has 0 atom stereocenters. The molecule has 33 heavy (non-hydrogen) atoms. The normalized spacial score (nSPS) is 14.5. The van der Waals surface area contributed by atoms with Crippen LogP contribution in [0.1, 0.15) is 21.1 Å². The topological polar surface area (TPSA) is 75.4 Å². The smallest absolute Gasteiger partial charge is 0.265 e. The highest BCUT2D eigenvalue weighted by atomic mass is 32.1. The lowest BCUT2D eigenvalue weighted by molar-refractivity contribution is 0.0619. The lowest BCUT2D eigenvalue weighted by Gasteiger charge is -2.33. The van der Waals surface area contributed by atoms with Crippen LogP contribution in [0.5, 0.6) is 0 Å². The number of benzene rings is 2. The highest BCUT2D eigenvalue weighted by Gasteiger charge is 2.25. The number of halogens is 1. The van der Waals surface area contributed by atoms with Gasteiger partial charge < -0.3 is 9.42 Å². The average Bonchev–Trinajstić information content (AvgIpc) is 3.50. The molecule has 2 aromatic carbocycles. The van der Waals surface area contributed by atoms with E-state index in [1.54, 1.807) is 18.2 Å². The Kier molecular flexibility index (Phi) is 5.97. The van der Waals surface area contributed by atoms with Crippen LogP contribution in [-0.4, -0.2) is 57.0 Å². The van der Waals surface area contributed by atoms with Crippen molar-refractivity contribution in [1.29, 1.82) is 0 Å². The third kappa shape index (κ3) is 4.55. The van der Waals surface area contributed by atoms with Crippen LogP contribution in [0.15, 0.2) is 59.3 Å². The minimum absolute atomic E-state index is 0.0747. The van der Waals surface area contributed by atoms with Crippen LogP contribution >= 0.6 is 11.3 Å². The zero-order valence-electron chi connectivity index (χ0n) is 18.1. The van der Waals surface area contributed by atoms with Crippen molar-refractivity contribution in [2.75, 3.05) is 26.2 Å². The summed E-state index contributed by atoms with van der Waals surface area (Å²) in [5, 5.41) is 4.63. The summed E-state index contributed by atoms with van der Waals surface area (Å²) in [6, 6.07) is 14.4. The molecule has 9 heteroatoms. The van der Waals surface area contributed by atoms with Gasteiger partial charge in [-0.2, -0.15) is 4.98 Å². The lowest BCUT2D eigenvalue weighted by atomic mass is 10.1. The second kappa shape index (κ2) is 9.21. The van der Waals surface area contributed by atoms with Gasteiger partial charge in [0.1, 0.15) is 15.7 Å². The van der Waals surface area contributed by atoms with Crippen LogP contribution in [0.25, 0.3) is 22.0 Å². The zero-order valence-corrected chi connectivity index (χ0v) is 18.9. The predicted molar refractivity (Wildman–Crippen MR) is 123 cm³/mol. The van der Waals surface area contributed by atoms with E-state index in [0.29, 0.717) is 59.9 Å². The summed E-state index contributed by atoms with van der Waals surface area (Å²) in [5.41, 5.74) is 2.47. The number of thiazole rings is 1. The van der Waals surface area contributed by atoms with Crippen LogP contribution in [0.4, 0.5) is 4.39 Å². The van der Waals surface area contributed by atoms with Crippen molar-refractivity contribution in [3.8, 4) is 22.0 Å². The maximum atomic E-state index is 14.0. The van der Waals surface area contributed by atoms with E-state index >= 15 is 0 Å². The molecule has 0 saturated carbocycles. The summed E-state index contributed by atoms with van der Waals surface area (Å²) in [6.45, 7) is 5.14. The molecular weight excluding hydrogens is 441 g/mol. The third-order valence-corrected chi connectivity index (χ3v) is 6.71. The van der Waals surface area contributed by atoms with E-state index in [2.05, 4.69) is 20.0 Å². The lowest BCUT2D eigenvalue weighted by Crippen LogP contribution is -2.48. The summed E-state index contributed by atoms with van der Waals surface area (Å²) in [6.07, 6.45) is 1.53. The molecule has 1 aliphatic heterocycles. The molecular formula is C24H22FN5O2S. The molecule has 0 radical (unpaired) electrons. The fraction of sp³-hybridized carbons (Fsp3) is 0.250. The van der Waals surface area contributed by atoms with Gasteiger partial charge >= 0.3 is 0 Å². The fourth-order valence-electron chi connectivity index (χ4n) is 3.84. The fourth-order valence-corrected chi connectivity index (χ4v) is 4.75. The van der Waals surface area contributed by atoms with Gasteiger partial charge in [0, 0.05) is 37.3 Å². The van der Waals surface area contributed by atoms with Gasteiger partial charge in [-0.05, 0) is 24.6 Å². The molecule has 1 saturated heterocycles. The van der Waals surface area contributed by atoms with E-state index in [4.69, 9.17) is 4.52 Å². The van der Waals surface area contributed by atoms with Crippen molar-refractivity contribution >= 4 is 17.2 Å². The predicted octanol–water partition coefficient (Wildman–Crippen LogP) is 4.27. The molecule has 0 aliphatic carbocycles. The van der Waals surface area contributed by atoms with Gasteiger partial charge in [-0.1, -0.05) is 41.6 Å². The van der Waals surface area contributed by atoms with Gasteiger partial charge in [0.2, 0.25) is 11.7 Å². The second-order valence-corrected chi connectivity index (χ2v) is 8.94. The molecule has 0 unspecified atom stereocenters. The van der Waals surface area contributed by atoms with Crippen molar-refractivity contribution in [3.63, 3.8) is 0 Å². The molecule has 3 heterocycles. The maximum absolute atomic E-state index is 14.0. The number of nitrogens with zero attached hydrogens (tertiary/aromatic N) is 5. The molecule has 0 N–H and O–H groups in total. The standard InChI is InChI=1S/C24H22FN5O2S/c1-16-6-2-3-7-17(16)22-27-21(32-28-22)15-29-10-12-30(13-11-29)24(31)20-14-26-23(33-20)18-8-4-5-9-19(18)25/h2-9,14H,10-13,15H2,1H3. The molecule has 7 nitrogen and oxygen atoms in total. The third-order valence-electron chi connectivity index (χ3n) is 5.69. The molecule has 168 valence electrons. The number of carbonyl (C=O) groups is 1. The molecule has 1 fully saturated rings. The number of aromatic nitrogens is 3. The van der Waals surface area contributed by atoms with Gasteiger partial charge in [-0.15, -0.1) is 11.3 Å². The molecule has 1 aliphatic rings. The summed E-state index contributed by atoms with van der Waals surface area (Å²) in [4.78, 5) is 26.2. The van der Waals surface area contributed by atoms with Crippen LogP contribution in [0.3, 0.4) is 0 Å². The minimum Gasteiger partial charge on any atom is -0.338 e. The largest absolute Gasteiger partial charge is 0.338 e. The molecule has 2 aromatic heterocycles. The molecule has 1 amide bonds. The first kappa shape index (κ1) is 21.4. The van der Waals surface area contributed by atoms with E-state index in [-0.39, 0.29) is 11.7 Å². The number of amides is 1. The Hall–Kier alpha value is -3.43. The minimum atomic E-state index is -0.342. The van der Waals surface area contributed by atoms with Crippen molar-refractivity contribution in [1.82, 2.24) is 24.9 Å². The van der Waals surface area contributed by atoms with Gasteiger partial charge in [-0.25, -0.2) is 9.37 Å². The first-order valence-corrected chi connectivity index (χ1v) is 11.5. The number of piperazine rings is 1. The maximum Gasteiger partial charge on any atom is 0.265 e. The van der Waals surface area contributed by atoms with Crippen LogP contribution in [-0.2, 0) is 6.54 Å². The highest BCUT2D eigenvalue weighted by Crippen LogP contribution is 2.28. The Labute approximate surface area is 194 Å². The quantitative estimate of drug-likeness (QED) is 0.440. The van der Waals surface area contributed by atoms with Gasteiger partial charge in [0.05, 0.1) is 12.7 Å². The van der Waals surface area contributed by atoms with Crippen molar-refractivity contribution in [2.45, 2.75) is 13.5 Å². The monoisotopic (exact) mass is 463 g/mol. The second-order valence-electron chi connectivity index (χ2n) is 7.90. The molecule has 4 aromatic rings. The number of rotatable bonds is 5. The summed E-state index contributed by atoms with van der Waals surface area (Å²) in [7, 11) is 0. The summed E-state index contributed by atoms with van der Waals surface area (Å²) >= 11 is 1.22. The van der Waals surface area contributed by atoms with Crippen LogP contribution in [0.2, 0.25) is 0 Å². The van der Waals surface area contributed by atoms with Crippen LogP contribution in [0, 0.1) is 12.7 Å². The highest BCUT2D eigenvalue weighted by molar-refractivity contribution is 7.16. The van der Waals surface area contributed by atoms with E-state index in [1.807, 2.05) is 36.1 Å². The SMILES string of the molecule is Cc1ccccc1-c1noc(CN2CCN(C(=O)c3cnc(-c4ccccc4F)s3)CC2)n1. The Morgan fingerprint density at radius 2 is 1.79 bits per heavy atom. The van der Waals surface area contributed by atoms with Crippen molar-refractivity contribution in [3.05, 3.63) is 76.9 Å².